The number of amides is 1. The first-order valence-electron chi connectivity index (χ1n) is 6.94. The zero-order chi connectivity index (χ0) is 15.3. The Bertz CT molecular complexity index is 524. The third kappa shape index (κ3) is 3.95. The second-order valence-corrected chi connectivity index (χ2v) is 5.40. The van der Waals surface area contributed by atoms with Crippen LogP contribution in [0.2, 0.25) is 0 Å². The van der Waals surface area contributed by atoms with Crippen molar-refractivity contribution in [2.45, 2.75) is 19.3 Å². The van der Waals surface area contributed by atoms with E-state index >= 15 is 0 Å². The number of benzene rings is 1. The highest BCUT2D eigenvalue weighted by molar-refractivity contribution is 5.81. The van der Waals surface area contributed by atoms with E-state index in [1.54, 1.807) is 18.2 Å². The van der Waals surface area contributed by atoms with Crippen molar-refractivity contribution in [3.63, 3.8) is 0 Å². The molecule has 0 saturated carbocycles. The van der Waals surface area contributed by atoms with Gasteiger partial charge in [-0.15, -0.1) is 0 Å². The van der Waals surface area contributed by atoms with E-state index in [1.807, 2.05) is 6.07 Å². The van der Waals surface area contributed by atoms with Gasteiger partial charge in [0.1, 0.15) is 0 Å². The fourth-order valence-corrected chi connectivity index (χ4v) is 2.45. The Morgan fingerprint density at radius 1 is 1.33 bits per heavy atom. The molecule has 0 unspecified atom stereocenters. The topological polar surface area (TPSA) is 102 Å². The zero-order valence-corrected chi connectivity index (χ0v) is 11.8. The lowest BCUT2D eigenvalue weighted by molar-refractivity contribution is -0.154. The summed E-state index contributed by atoms with van der Waals surface area (Å²) in [6.07, 6.45) is 1.03. The van der Waals surface area contributed by atoms with E-state index in [9.17, 15) is 14.7 Å². The molecular weight excluding hydrogens is 272 g/mol. The van der Waals surface area contributed by atoms with E-state index in [-0.39, 0.29) is 18.9 Å². The minimum absolute atomic E-state index is 0.132. The van der Waals surface area contributed by atoms with Gasteiger partial charge in [-0.1, -0.05) is 12.1 Å². The second-order valence-electron chi connectivity index (χ2n) is 5.40. The smallest absolute Gasteiger partial charge is 0.311 e. The summed E-state index contributed by atoms with van der Waals surface area (Å²) in [6.45, 7) is 0.960. The number of nitrogens with one attached hydrogen (secondary N) is 1. The number of ether oxygens (including phenoxy) is 1. The number of rotatable bonds is 5. The number of nitrogen functional groups attached to an aromatic ring is 1. The quantitative estimate of drug-likeness (QED) is 0.697. The van der Waals surface area contributed by atoms with E-state index in [1.165, 1.54) is 0 Å². The Labute approximate surface area is 123 Å². The molecule has 21 heavy (non-hydrogen) atoms. The third-order valence-corrected chi connectivity index (χ3v) is 3.84. The maximum absolute atomic E-state index is 12.0. The van der Waals surface area contributed by atoms with Crippen LogP contribution in [0.1, 0.15) is 18.4 Å². The first-order chi connectivity index (χ1) is 10.0. The van der Waals surface area contributed by atoms with Crippen LogP contribution in [0, 0.1) is 5.41 Å². The molecule has 1 aromatic rings. The lowest BCUT2D eigenvalue weighted by atomic mass is 9.80. The number of hydrogen-bond acceptors (Lipinski definition) is 4. The molecule has 1 aromatic carbocycles. The summed E-state index contributed by atoms with van der Waals surface area (Å²) in [5, 5.41) is 12.1. The molecule has 114 valence electrons. The van der Waals surface area contributed by atoms with Crippen LogP contribution in [0.5, 0.6) is 0 Å². The monoisotopic (exact) mass is 292 g/mol. The number of aliphatic carboxylic acids is 1. The van der Waals surface area contributed by atoms with Crippen molar-refractivity contribution in [1.82, 2.24) is 5.32 Å². The van der Waals surface area contributed by atoms with Gasteiger partial charge in [0.15, 0.2) is 0 Å². The maximum Gasteiger partial charge on any atom is 0.311 e. The molecule has 1 aliphatic heterocycles. The van der Waals surface area contributed by atoms with Gasteiger partial charge in [0.25, 0.3) is 0 Å². The maximum atomic E-state index is 12.0. The Morgan fingerprint density at radius 2 is 2.05 bits per heavy atom. The SMILES string of the molecule is Nc1cccc(CC(=O)NCC2(C(=O)O)CCOCC2)c1. The molecule has 2 rings (SSSR count). The van der Waals surface area contributed by atoms with Gasteiger partial charge in [0.05, 0.1) is 11.8 Å². The van der Waals surface area contributed by atoms with Crippen molar-refractivity contribution in [2.24, 2.45) is 5.41 Å². The fourth-order valence-electron chi connectivity index (χ4n) is 2.45. The Hall–Kier alpha value is -2.08. The molecule has 1 fully saturated rings. The van der Waals surface area contributed by atoms with E-state index in [2.05, 4.69) is 5.32 Å². The van der Waals surface area contributed by atoms with E-state index < -0.39 is 11.4 Å². The number of anilines is 1. The highest BCUT2D eigenvalue weighted by Crippen LogP contribution is 2.30. The van der Waals surface area contributed by atoms with Crippen molar-refractivity contribution in [1.29, 1.82) is 0 Å². The predicted octanol–water partition coefficient (Wildman–Crippen LogP) is 0.809. The van der Waals surface area contributed by atoms with Crippen LogP contribution in [0.3, 0.4) is 0 Å². The number of carbonyl (C=O) groups excluding carboxylic acids is 1. The first kappa shape index (κ1) is 15.3. The lowest BCUT2D eigenvalue weighted by Crippen LogP contribution is -2.46. The van der Waals surface area contributed by atoms with Gasteiger partial charge >= 0.3 is 5.97 Å². The van der Waals surface area contributed by atoms with Crippen LogP contribution in [-0.4, -0.2) is 36.7 Å². The number of carboxylic acids is 1. The van der Waals surface area contributed by atoms with Crippen molar-refractivity contribution in [3.8, 4) is 0 Å². The fraction of sp³-hybridized carbons (Fsp3) is 0.467. The summed E-state index contributed by atoms with van der Waals surface area (Å²) in [5.41, 5.74) is 6.16. The molecular formula is C15H20N2O4. The molecule has 0 atom stereocenters. The summed E-state index contributed by atoms with van der Waals surface area (Å²) in [7, 11) is 0. The van der Waals surface area contributed by atoms with Crippen LogP contribution in [-0.2, 0) is 20.7 Å². The van der Waals surface area contributed by atoms with E-state index in [4.69, 9.17) is 10.5 Å². The summed E-state index contributed by atoms with van der Waals surface area (Å²) in [4.78, 5) is 23.4. The summed E-state index contributed by atoms with van der Waals surface area (Å²) >= 11 is 0. The molecule has 1 aliphatic rings. The molecule has 0 spiro atoms. The molecule has 4 N–H and O–H groups in total. The van der Waals surface area contributed by atoms with Gasteiger partial charge in [-0.2, -0.15) is 0 Å². The van der Waals surface area contributed by atoms with Gasteiger partial charge in [0.2, 0.25) is 5.91 Å². The largest absolute Gasteiger partial charge is 0.481 e. The van der Waals surface area contributed by atoms with Gasteiger partial charge in [0, 0.05) is 25.4 Å². The van der Waals surface area contributed by atoms with Crippen LogP contribution in [0.15, 0.2) is 24.3 Å². The van der Waals surface area contributed by atoms with Crippen LogP contribution < -0.4 is 11.1 Å². The van der Waals surface area contributed by atoms with Crippen molar-refractivity contribution in [2.75, 3.05) is 25.5 Å². The summed E-state index contributed by atoms with van der Waals surface area (Å²) in [6, 6.07) is 7.09. The molecule has 0 aromatic heterocycles. The molecule has 1 saturated heterocycles. The van der Waals surface area contributed by atoms with Gasteiger partial charge in [-0.3, -0.25) is 9.59 Å². The second kappa shape index (κ2) is 6.58. The van der Waals surface area contributed by atoms with Gasteiger partial charge < -0.3 is 20.9 Å². The van der Waals surface area contributed by atoms with Crippen LogP contribution in [0.25, 0.3) is 0 Å². The molecule has 0 aliphatic carbocycles. The van der Waals surface area contributed by atoms with Gasteiger partial charge in [-0.05, 0) is 30.5 Å². The van der Waals surface area contributed by atoms with Crippen molar-refractivity contribution < 1.29 is 19.4 Å². The van der Waals surface area contributed by atoms with Crippen LogP contribution in [0.4, 0.5) is 5.69 Å². The molecule has 0 bridgehead atoms. The normalized spacial score (nSPS) is 17.1. The minimum Gasteiger partial charge on any atom is -0.481 e. The first-order valence-corrected chi connectivity index (χ1v) is 6.94. The number of nitrogens with two attached hydrogens (primary N) is 1. The Balaban J connectivity index is 1.91. The molecule has 1 heterocycles. The Kier molecular flexibility index (Phi) is 4.80. The standard InChI is InChI=1S/C15H20N2O4/c16-12-3-1-2-11(8-12)9-13(18)17-10-15(14(19)20)4-6-21-7-5-15/h1-3,8H,4-7,9-10,16H2,(H,17,18)(H,19,20). The zero-order valence-electron chi connectivity index (χ0n) is 11.8. The van der Waals surface area contributed by atoms with Gasteiger partial charge in [-0.25, -0.2) is 0 Å². The summed E-state index contributed by atoms with van der Waals surface area (Å²) in [5.74, 6) is -1.08. The highest BCUT2D eigenvalue weighted by Gasteiger charge is 2.40. The lowest BCUT2D eigenvalue weighted by Gasteiger charge is -2.33. The summed E-state index contributed by atoms with van der Waals surface area (Å²) < 4.78 is 5.20. The number of carboxylic acid groups (broad SMARTS) is 1. The third-order valence-electron chi connectivity index (χ3n) is 3.84. The highest BCUT2D eigenvalue weighted by atomic mass is 16.5. The molecule has 1 amide bonds. The molecule has 6 nitrogen and oxygen atoms in total. The molecule has 6 heteroatoms. The predicted molar refractivity (Wildman–Crippen MR) is 77.7 cm³/mol. The van der Waals surface area contributed by atoms with E-state index in [0.717, 1.165) is 5.56 Å². The minimum atomic E-state index is -0.913. The number of carbonyl (C=O) groups is 2. The van der Waals surface area contributed by atoms with Crippen LogP contribution >= 0.6 is 0 Å². The average Bonchev–Trinajstić information content (AvgIpc) is 2.46. The van der Waals surface area contributed by atoms with Crippen molar-refractivity contribution in [3.05, 3.63) is 29.8 Å². The number of hydrogen-bond donors (Lipinski definition) is 3. The molecule has 0 radical (unpaired) electrons. The van der Waals surface area contributed by atoms with Crippen molar-refractivity contribution >= 4 is 17.6 Å². The van der Waals surface area contributed by atoms with E-state index in [0.29, 0.717) is 31.7 Å². The Morgan fingerprint density at radius 3 is 2.67 bits per heavy atom. The average molecular weight is 292 g/mol.